The van der Waals surface area contributed by atoms with Crippen LogP contribution in [0.15, 0.2) is 36.7 Å². The van der Waals surface area contributed by atoms with E-state index in [1.165, 1.54) is 12.8 Å². The molecular weight excluding hydrogens is 326 g/mol. The van der Waals surface area contributed by atoms with Crippen molar-refractivity contribution in [2.45, 2.75) is 18.8 Å². The van der Waals surface area contributed by atoms with E-state index in [9.17, 15) is 0 Å². The molecule has 0 spiro atoms. The maximum atomic E-state index is 5.96. The molecule has 24 heavy (non-hydrogen) atoms. The average Bonchev–Trinajstić information content (AvgIpc) is 3.33. The van der Waals surface area contributed by atoms with Crippen molar-refractivity contribution in [3.05, 3.63) is 47.5 Å². The predicted octanol–water partition coefficient (Wildman–Crippen LogP) is 3.17. The first kappa shape index (κ1) is 15.2. The number of benzene rings is 1. The van der Waals surface area contributed by atoms with E-state index < -0.39 is 0 Å². The van der Waals surface area contributed by atoms with Gasteiger partial charge in [-0.2, -0.15) is 0 Å². The Morgan fingerprint density at radius 2 is 2.21 bits per heavy atom. The topological polar surface area (TPSA) is 55.5 Å². The summed E-state index contributed by atoms with van der Waals surface area (Å²) in [4.78, 5) is 6.50. The zero-order chi connectivity index (χ0) is 16.5. The van der Waals surface area contributed by atoms with Gasteiger partial charge in [-0.3, -0.25) is 4.40 Å². The van der Waals surface area contributed by atoms with Gasteiger partial charge in [-0.25, -0.2) is 4.98 Å². The number of hydrogen-bond donors (Lipinski definition) is 0. The number of anilines is 1. The SMILES string of the molecule is CN(CCOc1cccc(Cl)c1)c1nccn2c(C3CC3)nnc12. The highest BCUT2D eigenvalue weighted by Gasteiger charge is 2.29. The van der Waals surface area contributed by atoms with Gasteiger partial charge in [-0.15, -0.1) is 10.2 Å². The van der Waals surface area contributed by atoms with Gasteiger partial charge in [0.1, 0.15) is 18.2 Å². The summed E-state index contributed by atoms with van der Waals surface area (Å²) >= 11 is 5.96. The lowest BCUT2D eigenvalue weighted by Crippen LogP contribution is -2.25. The molecule has 2 heterocycles. The van der Waals surface area contributed by atoms with E-state index in [4.69, 9.17) is 16.3 Å². The summed E-state index contributed by atoms with van der Waals surface area (Å²) in [5.41, 5.74) is 0.796. The lowest BCUT2D eigenvalue weighted by molar-refractivity contribution is 0.326. The molecule has 2 aromatic heterocycles. The largest absolute Gasteiger partial charge is 0.492 e. The Morgan fingerprint density at radius 3 is 3.00 bits per heavy atom. The second kappa shape index (κ2) is 6.28. The van der Waals surface area contributed by atoms with E-state index in [0.717, 1.165) is 23.0 Å². The van der Waals surface area contributed by atoms with Gasteiger partial charge in [0.25, 0.3) is 0 Å². The van der Waals surface area contributed by atoms with Crippen molar-refractivity contribution in [3.63, 3.8) is 0 Å². The Morgan fingerprint density at radius 1 is 1.33 bits per heavy atom. The molecule has 1 fully saturated rings. The van der Waals surface area contributed by atoms with Crippen molar-refractivity contribution in [1.29, 1.82) is 0 Å². The van der Waals surface area contributed by atoms with Gasteiger partial charge in [-0.05, 0) is 31.0 Å². The van der Waals surface area contributed by atoms with Crippen LogP contribution >= 0.6 is 11.6 Å². The molecule has 1 aromatic carbocycles. The number of fused-ring (bicyclic) bond motifs is 1. The second-order valence-electron chi connectivity index (χ2n) is 6.00. The van der Waals surface area contributed by atoms with Gasteiger partial charge in [0.15, 0.2) is 5.82 Å². The average molecular weight is 344 g/mol. The predicted molar refractivity (Wildman–Crippen MR) is 93.0 cm³/mol. The van der Waals surface area contributed by atoms with Gasteiger partial charge in [0.05, 0.1) is 6.54 Å². The molecule has 0 saturated heterocycles. The van der Waals surface area contributed by atoms with Crippen LogP contribution in [0.25, 0.3) is 5.65 Å². The van der Waals surface area contributed by atoms with Crippen LogP contribution in [0.5, 0.6) is 5.75 Å². The monoisotopic (exact) mass is 343 g/mol. The molecule has 6 nitrogen and oxygen atoms in total. The smallest absolute Gasteiger partial charge is 0.203 e. The first-order valence-electron chi connectivity index (χ1n) is 8.01. The number of likely N-dealkylation sites (N-methyl/N-ethyl adjacent to an activating group) is 1. The fraction of sp³-hybridized carbons (Fsp3) is 0.353. The summed E-state index contributed by atoms with van der Waals surface area (Å²) in [5.74, 6) is 3.16. The highest BCUT2D eigenvalue weighted by Crippen LogP contribution is 2.39. The maximum Gasteiger partial charge on any atom is 0.203 e. The normalized spacial score (nSPS) is 14.1. The Hall–Kier alpha value is -2.34. The van der Waals surface area contributed by atoms with Crippen molar-refractivity contribution in [2.24, 2.45) is 0 Å². The number of aromatic nitrogens is 4. The van der Waals surface area contributed by atoms with Gasteiger partial charge in [0, 0.05) is 30.4 Å². The Kier molecular flexibility index (Phi) is 3.98. The van der Waals surface area contributed by atoms with Gasteiger partial charge in [-0.1, -0.05) is 17.7 Å². The minimum absolute atomic E-state index is 0.531. The molecule has 0 atom stereocenters. The maximum absolute atomic E-state index is 5.96. The van der Waals surface area contributed by atoms with Crippen LogP contribution in [0.4, 0.5) is 5.82 Å². The fourth-order valence-corrected chi connectivity index (χ4v) is 2.86. The van der Waals surface area contributed by atoms with Crippen LogP contribution in [0, 0.1) is 0 Å². The van der Waals surface area contributed by atoms with E-state index >= 15 is 0 Å². The zero-order valence-corrected chi connectivity index (χ0v) is 14.1. The summed E-state index contributed by atoms with van der Waals surface area (Å²) in [6.45, 7) is 1.22. The van der Waals surface area contributed by atoms with E-state index in [1.807, 2.05) is 40.7 Å². The third-order valence-corrected chi connectivity index (χ3v) is 4.37. The van der Waals surface area contributed by atoms with Crippen molar-refractivity contribution in [1.82, 2.24) is 19.6 Å². The summed E-state index contributed by atoms with van der Waals surface area (Å²) in [5, 5.41) is 9.34. The molecule has 7 heteroatoms. The molecule has 1 aliphatic carbocycles. The number of rotatable bonds is 6. The van der Waals surface area contributed by atoms with Gasteiger partial charge >= 0.3 is 0 Å². The molecule has 0 amide bonds. The first-order chi connectivity index (χ1) is 11.7. The molecule has 0 bridgehead atoms. The standard InChI is InChI=1S/C17H18ClN5O/c1-22(9-10-24-14-4-2-3-13(18)11-14)16-17-21-20-15(12-5-6-12)23(17)8-7-19-16/h2-4,7-8,11-12H,5-6,9-10H2,1H3. The van der Waals surface area contributed by atoms with E-state index in [-0.39, 0.29) is 0 Å². The molecular formula is C17H18ClN5O. The minimum Gasteiger partial charge on any atom is -0.492 e. The Bertz CT molecular complexity index is 861. The molecule has 3 aromatic rings. The van der Waals surface area contributed by atoms with E-state index in [2.05, 4.69) is 15.2 Å². The fourth-order valence-electron chi connectivity index (χ4n) is 2.68. The van der Waals surface area contributed by atoms with Crippen LogP contribution in [0.3, 0.4) is 0 Å². The summed E-state index contributed by atoms with van der Waals surface area (Å²) < 4.78 is 7.80. The highest BCUT2D eigenvalue weighted by molar-refractivity contribution is 6.30. The van der Waals surface area contributed by atoms with Crippen LogP contribution in [-0.4, -0.2) is 39.8 Å². The van der Waals surface area contributed by atoms with Crippen LogP contribution in [0.1, 0.15) is 24.6 Å². The van der Waals surface area contributed by atoms with Crippen molar-refractivity contribution in [3.8, 4) is 5.75 Å². The molecule has 4 rings (SSSR count). The van der Waals surface area contributed by atoms with Crippen molar-refractivity contribution >= 4 is 23.1 Å². The minimum atomic E-state index is 0.531. The van der Waals surface area contributed by atoms with Gasteiger partial charge in [0.2, 0.25) is 5.65 Å². The van der Waals surface area contributed by atoms with E-state index in [1.54, 1.807) is 12.3 Å². The van der Waals surface area contributed by atoms with Crippen LogP contribution in [0.2, 0.25) is 5.02 Å². The summed E-state index contributed by atoms with van der Waals surface area (Å²) in [6, 6.07) is 7.40. The molecule has 1 saturated carbocycles. The molecule has 124 valence electrons. The molecule has 0 unspecified atom stereocenters. The quantitative estimate of drug-likeness (QED) is 0.688. The van der Waals surface area contributed by atoms with E-state index in [0.29, 0.717) is 24.1 Å². The lowest BCUT2D eigenvalue weighted by Gasteiger charge is -2.18. The lowest BCUT2D eigenvalue weighted by atomic mass is 10.3. The third-order valence-electron chi connectivity index (χ3n) is 4.13. The molecule has 0 aliphatic heterocycles. The van der Waals surface area contributed by atoms with Crippen LogP contribution in [-0.2, 0) is 0 Å². The van der Waals surface area contributed by atoms with Gasteiger partial charge < -0.3 is 9.64 Å². The number of halogens is 1. The molecule has 1 aliphatic rings. The zero-order valence-electron chi connectivity index (χ0n) is 13.4. The Balaban J connectivity index is 1.46. The van der Waals surface area contributed by atoms with Crippen molar-refractivity contribution in [2.75, 3.05) is 25.1 Å². The summed E-state index contributed by atoms with van der Waals surface area (Å²) in [7, 11) is 1.98. The summed E-state index contributed by atoms with van der Waals surface area (Å²) in [6.07, 6.45) is 6.12. The molecule has 0 N–H and O–H groups in total. The Labute approximate surface area is 145 Å². The number of nitrogens with zero attached hydrogens (tertiary/aromatic N) is 5. The van der Waals surface area contributed by atoms with Crippen LogP contribution < -0.4 is 9.64 Å². The number of hydrogen-bond acceptors (Lipinski definition) is 5. The molecule has 0 radical (unpaired) electrons. The highest BCUT2D eigenvalue weighted by atomic mass is 35.5. The number of ether oxygens (including phenoxy) is 1. The second-order valence-corrected chi connectivity index (χ2v) is 6.44. The van der Waals surface area contributed by atoms with Crippen molar-refractivity contribution < 1.29 is 4.74 Å². The third kappa shape index (κ3) is 3.01. The first-order valence-corrected chi connectivity index (χ1v) is 8.39.